The Morgan fingerprint density at radius 1 is 0.810 bits per heavy atom. The fourth-order valence-electron chi connectivity index (χ4n) is 2.51. The Balaban J connectivity index is 1.77. The van der Waals surface area contributed by atoms with Crippen LogP contribution in [0.15, 0.2) is 66.7 Å². The van der Waals surface area contributed by atoms with E-state index in [4.69, 9.17) is 4.74 Å². The molecule has 0 unspecified atom stereocenters. The summed E-state index contributed by atoms with van der Waals surface area (Å²) >= 11 is 3.59. The molecule has 3 rings (SSSR count). The molecule has 3 aromatic carbocycles. The third kappa shape index (κ3) is 3.27. The van der Waals surface area contributed by atoms with Crippen molar-refractivity contribution in [2.75, 3.05) is 6.61 Å². The van der Waals surface area contributed by atoms with Gasteiger partial charge in [0.05, 0.1) is 6.61 Å². The molecule has 3 aromatic rings. The standard InChI is InChI=1S/C19H17BrO/c20-14-18-17-9-5-4-8-16(17)10-11-19(18)21-13-12-15-6-2-1-3-7-15/h1-11H,12-14H2. The van der Waals surface area contributed by atoms with Crippen LogP contribution < -0.4 is 4.74 Å². The van der Waals surface area contributed by atoms with Gasteiger partial charge in [-0.1, -0.05) is 76.6 Å². The van der Waals surface area contributed by atoms with E-state index in [9.17, 15) is 0 Å². The molecule has 106 valence electrons. The van der Waals surface area contributed by atoms with Crippen LogP contribution in [0.5, 0.6) is 5.75 Å². The lowest BCUT2D eigenvalue weighted by molar-refractivity contribution is 0.320. The second-order valence-electron chi connectivity index (χ2n) is 4.98. The van der Waals surface area contributed by atoms with Crippen LogP contribution in [0.1, 0.15) is 11.1 Å². The Bertz CT molecular complexity index is 722. The highest BCUT2D eigenvalue weighted by molar-refractivity contribution is 9.08. The molecule has 0 aliphatic carbocycles. The smallest absolute Gasteiger partial charge is 0.123 e. The zero-order valence-corrected chi connectivity index (χ0v) is 13.3. The van der Waals surface area contributed by atoms with Gasteiger partial charge in [0.2, 0.25) is 0 Å². The summed E-state index contributed by atoms with van der Waals surface area (Å²) < 4.78 is 6.01. The molecule has 2 heteroatoms. The first-order valence-electron chi connectivity index (χ1n) is 7.12. The first-order chi connectivity index (χ1) is 10.4. The molecule has 0 aliphatic heterocycles. The third-order valence-corrected chi connectivity index (χ3v) is 4.18. The van der Waals surface area contributed by atoms with Crippen LogP contribution in [0.3, 0.4) is 0 Å². The monoisotopic (exact) mass is 340 g/mol. The second kappa shape index (κ2) is 6.77. The number of fused-ring (bicyclic) bond motifs is 1. The largest absolute Gasteiger partial charge is 0.493 e. The zero-order valence-electron chi connectivity index (χ0n) is 11.8. The van der Waals surface area contributed by atoms with Gasteiger partial charge in [0.25, 0.3) is 0 Å². The van der Waals surface area contributed by atoms with Crippen LogP contribution in [0.2, 0.25) is 0 Å². The van der Waals surface area contributed by atoms with Crippen molar-refractivity contribution in [2.45, 2.75) is 11.8 Å². The van der Waals surface area contributed by atoms with Gasteiger partial charge in [-0.15, -0.1) is 0 Å². The van der Waals surface area contributed by atoms with E-state index >= 15 is 0 Å². The molecule has 0 saturated carbocycles. The van der Waals surface area contributed by atoms with Gasteiger partial charge >= 0.3 is 0 Å². The lowest BCUT2D eigenvalue weighted by atomic mass is 10.0. The summed E-state index contributed by atoms with van der Waals surface area (Å²) in [5, 5.41) is 3.31. The maximum atomic E-state index is 6.01. The van der Waals surface area contributed by atoms with Crippen molar-refractivity contribution in [3.05, 3.63) is 77.9 Å². The fraction of sp³-hybridized carbons (Fsp3) is 0.158. The Labute approximate surface area is 133 Å². The molecule has 0 atom stereocenters. The Morgan fingerprint density at radius 2 is 1.57 bits per heavy atom. The SMILES string of the molecule is BrCc1c(OCCc2ccccc2)ccc2ccccc12. The second-order valence-corrected chi connectivity index (χ2v) is 5.54. The van der Waals surface area contributed by atoms with E-state index in [1.807, 2.05) is 6.07 Å². The Kier molecular flexibility index (Phi) is 4.56. The number of hydrogen-bond acceptors (Lipinski definition) is 1. The summed E-state index contributed by atoms with van der Waals surface area (Å²) in [7, 11) is 0. The van der Waals surface area contributed by atoms with Crippen molar-refractivity contribution >= 4 is 26.7 Å². The summed E-state index contributed by atoms with van der Waals surface area (Å²) in [5.74, 6) is 0.974. The van der Waals surface area contributed by atoms with Gasteiger partial charge in [0.15, 0.2) is 0 Å². The first-order valence-corrected chi connectivity index (χ1v) is 8.24. The summed E-state index contributed by atoms with van der Waals surface area (Å²) in [6.07, 6.45) is 0.926. The van der Waals surface area contributed by atoms with E-state index in [2.05, 4.69) is 76.6 Å². The average Bonchev–Trinajstić information content (AvgIpc) is 2.55. The van der Waals surface area contributed by atoms with E-state index in [1.165, 1.54) is 21.9 Å². The Morgan fingerprint density at radius 3 is 2.38 bits per heavy atom. The number of benzene rings is 3. The van der Waals surface area contributed by atoms with E-state index in [0.717, 1.165) is 17.5 Å². The molecular weight excluding hydrogens is 324 g/mol. The molecule has 0 aromatic heterocycles. The summed E-state index contributed by atoms with van der Waals surface area (Å²) in [6, 6.07) is 23.1. The highest BCUT2D eigenvalue weighted by atomic mass is 79.9. The van der Waals surface area contributed by atoms with Crippen LogP contribution in [-0.4, -0.2) is 6.61 Å². The fourth-order valence-corrected chi connectivity index (χ4v) is 3.09. The Hall–Kier alpha value is -1.80. The quantitative estimate of drug-likeness (QED) is 0.568. The van der Waals surface area contributed by atoms with Crippen LogP contribution >= 0.6 is 15.9 Å². The minimum Gasteiger partial charge on any atom is -0.493 e. The van der Waals surface area contributed by atoms with E-state index in [1.54, 1.807) is 0 Å². The highest BCUT2D eigenvalue weighted by Crippen LogP contribution is 2.30. The normalized spacial score (nSPS) is 10.7. The number of hydrogen-bond donors (Lipinski definition) is 0. The van der Waals surface area contributed by atoms with Crippen LogP contribution in [0.25, 0.3) is 10.8 Å². The predicted molar refractivity (Wildman–Crippen MR) is 92.2 cm³/mol. The average molecular weight is 341 g/mol. The maximum Gasteiger partial charge on any atom is 0.123 e. The molecule has 1 nitrogen and oxygen atoms in total. The number of ether oxygens (including phenoxy) is 1. The minimum absolute atomic E-state index is 0.697. The number of alkyl halides is 1. The first kappa shape index (κ1) is 14.2. The minimum atomic E-state index is 0.697. The van der Waals surface area contributed by atoms with Crippen molar-refractivity contribution in [1.29, 1.82) is 0 Å². The molecule has 0 fully saturated rings. The molecule has 0 amide bonds. The zero-order chi connectivity index (χ0) is 14.5. The van der Waals surface area contributed by atoms with Crippen molar-refractivity contribution in [2.24, 2.45) is 0 Å². The van der Waals surface area contributed by atoms with Crippen molar-refractivity contribution in [3.63, 3.8) is 0 Å². The van der Waals surface area contributed by atoms with Gasteiger partial charge in [-0.2, -0.15) is 0 Å². The molecule has 0 radical (unpaired) electrons. The summed E-state index contributed by atoms with van der Waals surface area (Å²) in [6.45, 7) is 0.697. The maximum absolute atomic E-state index is 6.01. The lowest BCUT2D eigenvalue weighted by Gasteiger charge is -2.12. The lowest BCUT2D eigenvalue weighted by Crippen LogP contribution is -2.03. The van der Waals surface area contributed by atoms with E-state index in [0.29, 0.717) is 6.61 Å². The van der Waals surface area contributed by atoms with E-state index < -0.39 is 0 Å². The molecule has 0 aliphatic rings. The molecule has 0 heterocycles. The summed E-state index contributed by atoms with van der Waals surface area (Å²) in [4.78, 5) is 0. The topological polar surface area (TPSA) is 9.23 Å². The molecule has 0 bridgehead atoms. The van der Waals surface area contributed by atoms with Gasteiger partial charge in [-0.25, -0.2) is 0 Å². The van der Waals surface area contributed by atoms with Gasteiger partial charge < -0.3 is 4.74 Å². The summed E-state index contributed by atoms with van der Waals surface area (Å²) in [5.41, 5.74) is 2.53. The van der Waals surface area contributed by atoms with Crippen molar-refractivity contribution < 1.29 is 4.74 Å². The van der Waals surface area contributed by atoms with Crippen molar-refractivity contribution in [3.8, 4) is 5.75 Å². The van der Waals surface area contributed by atoms with Gasteiger partial charge in [-0.3, -0.25) is 0 Å². The number of halogens is 1. The molecular formula is C19H17BrO. The molecule has 21 heavy (non-hydrogen) atoms. The van der Waals surface area contributed by atoms with Gasteiger partial charge in [-0.05, 0) is 22.4 Å². The molecule has 0 N–H and O–H groups in total. The predicted octanol–water partition coefficient (Wildman–Crippen LogP) is 5.36. The van der Waals surface area contributed by atoms with Gasteiger partial charge in [0, 0.05) is 17.3 Å². The van der Waals surface area contributed by atoms with Crippen LogP contribution in [0, 0.1) is 0 Å². The van der Waals surface area contributed by atoms with Crippen molar-refractivity contribution in [1.82, 2.24) is 0 Å². The molecule has 0 spiro atoms. The highest BCUT2D eigenvalue weighted by Gasteiger charge is 2.07. The number of rotatable bonds is 5. The van der Waals surface area contributed by atoms with Crippen LogP contribution in [0.4, 0.5) is 0 Å². The van der Waals surface area contributed by atoms with E-state index in [-0.39, 0.29) is 0 Å². The van der Waals surface area contributed by atoms with Crippen LogP contribution in [-0.2, 0) is 11.8 Å². The molecule has 0 saturated heterocycles. The third-order valence-electron chi connectivity index (χ3n) is 3.62. The van der Waals surface area contributed by atoms with Gasteiger partial charge in [0.1, 0.15) is 5.75 Å².